The summed E-state index contributed by atoms with van der Waals surface area (Å²) in [5.74, 6) is 0. The first kappa shape index (κ1) is 9.19. The molecule has 2 rings (SSSR count). The molecule has 0 unspecified atom stereocenters. The second kappa shape index (κ2) is 4.22. The zero-order valence-corrected chi connectivity index (χ0v) is 8.83. The van der Waals surface area contributed by atoms with Crippen LogP contribution in [0.1, 0.15) is 18.1 Å². The van der Waals surface area contributed by atoms with Crippen molar-refractivity contribution in [3.8, 4) is 0 Å². The molecular weight excluding hydrogens is 230 g/mol. The van der Waals surface area contributed by atoms with Crippen LogP contribution in [-0.4, -0.2) is 11.4 Å². The van der Waals surface area contributed by atoms with E-state index in [4.69, 9.17) is 4.84 Å². The summed E-state index contributed by atoms with van der Waals surface area (Å²) in [4.78, 5) is 5.46. The molecular formula is C10H12BrNO. The molecule has 1 N–H and O–H groups in total. The third-order valence-electron chi connectivity index (χ3n) is 2.23. The highest BCUT2D eigenvalue weighted by Gasteiger charge is 2.25. The molecule has 1 fully saturated rings. The largest absolute Gasteiger partial charge is 0.293 e. The number of hydrogen-bond acceptors (Lipinski definition) is 2. The number of rotatable bonds is 2. The van der Waals surface area contributed by atoms with Crippen molar-refractivity contribution >= 4 is 15.9 Å². The zero-order valence-electron chi connectivity index (χ0n) is 7.24. The summed E-state index contributed by atoms with van der Waals surface area (Å²) >= 11 is 3.43. The summed E-state index contributed by atoms with van der Waals surface area (Å²) < 4.78 is 0. The predicted molar refractivity (Wildman–Crippen MR) is 55.6 cm³/mol. The van der Waals surface area contributed by atoms with E-state index in [-0.39, 0.29) is 6.10 Å². The van der Waals surface area contributed by atoms with Gasteiger partial charge < -0.3 is 0 Å². The quantitative estimate of drug-likeness (QED) is 0.804. The molecule has 0 bridgehead atoms. The van der Waals surface area contributed by atoms with E-state index >= 15 is 0 Å². The lowest BCUT2D eigenvalue weighted by molar-refractivity contribution is 0.0275. The first-order chi connectivity index (χ1) is 6.40. The van der Waals surface area contributed by atoms with E-state index in [0.29, 0.717) is 6.04 Å². The monoisotopic (exact) mass is 241 g/mol. The molecule has 3 heteroatoms. The van der Waals surface area contributed by atoms with Crippen LogP contribution in [0.5, 0.6) is 0 Å². The van der Waals surface area contributed by atoms with Crippen LogP contribution < -0.4 is 5.48 Å². The van der Waals surface area contributed by atoms with Gasteiger partial charge in [-0.05, 0) is 12.0 Å². The Morgan fingerprint density at radius 3 is 2.77 bits per heavy atom. The Labute approximate surface area is 86.4 Å². The van der Waals surface area contributed by atoms with Crippen LogP contribution in [0.4, 0.5) is 0 Å². The Morgan fingerprint density at radius 2 is 2.15 bits per heavy atom. The van der Waals surface area contributed by atoms with Crippen molar-refractivity contribution in [2.75, 3.05) is 5.33 Å². The van der Waals surface area contributed by atoms with Gasteiger partial charge in [-0.15, -0.1) is 0 Å². The molecule has 0 radical (unpaired) electrons. The van der Waals surface area contributed by atoms with E-state index in [0.717, 1.165) is 11.8 Å². The van der Waals surface area contributed by atoms with Crippen molar-refractivity contribution in [2.45, 2.75) is 18.6 Å². The molecule has 2 nitrogen and oxygen atoms in total. The topological polar surface area (TPSA) is 21.3 Å². The maximum Gasteiger partial charge on any atom is 0.106 e. The lowest BCUT2D eigenvalue weighted by atomic mass is 10.0. The molecule has 0 amide bonds. The highest BCUT2D eigenvalue weighted by molar-refractivity contribution is 9.09. The lowest BCUT2D eigenvalue weighted by Gasteiger charge is -2.06. The second-order valence-corrected chi connectivity index (χ2v) is 3.87. The molecule has 70 valence electrons. The molecule has 0 aliphatic carbocycles. The SMILES string of the molecule is BrC[C@@H]1C[C@H](c2ccccc2)ON1. The summed E-state index contributed by atoms with van der Waals surface area (Å²) in [6.45, 7) is 0. The number of nitrogens with one attached hydrogen (secondary N) is 1. The van der Waals surface area contributed by atoms with Crippen LogP contribution in [0, 0.1) is 0 Å². The smallest absolute Gasteiger partial charge is 0.106 e. The van der Waals surface area contributed by atoms with E-state index in [2.05, 4.69) is 33.5 Å². The zero-order chi connectivity index (χ0) is 9.10. The van der Waals surface area contributed by atoms with Gasteiger partial charge in [-0.25, -0.2) is 0 Å². The van der Waals surface area contributed by atoms with E-state index in [1.54, 1.807) is 0 Å². The van der Waals surface area contributed by atoms with Crippen LogP contribution in [-0.2, 0) is 4.84 Å². The van der Waals surface area contributed by atoms with E-state index in [1.807, 2.05) is 18.2 Å². The van der Waals surface area contributed by atoms with Gasteiger partial charge in [-0.1, -0.05) is 46.3 Å². The van der Waals surface area contributed by atoms with Gasteiger partial charge in [-0.3, -0.25) is 4.84 Å². The Balaban J connectivity index is 2.04. The maximum absolute atomic E-state index is 5.46. The van der Waals surface area contributed by atoms with Crippen LogP contribution in [0.25, 0.3) is 0 Å². The molecule has 1 aromatic carbocycles. The van der Waals surface area contributed by atoms with Crippen LogP contribution in [0.2, 0.25) is 0 Å². The molecule has 13 heavy (non-hydrogen) atoms. The fourth-order valence-corrected chi connectivity index (χ4v) is 1.90. The molecule has 2 atom stereocenters. The Bertz CT molecular complexity index is 265. The third kappa shape index (κ3) is 2.10. The van der Waals surface area contributed by atoms with Gasteiger partial charge in [0.1, 0.15) is 6.10 Å². The van der Waals surface area contributed by atoms with Gasteiger partial charge in [0, 0.05) is 11.4 Å². The van der Waals surface area contributed by atoms with Crippen LogP contribution in [0.15, 0.2) is 30.3 Å². The molecule has 1 aliphatic heterocycles. The van der Waals surface area contributed by atoms with Gasteiger partial charge >= 0.3 is 0 Å². The number of halogens is 1. The van der Waals surface area contributed by atoms with Gasteiger partial charge in [0.2, 0.25) is 0 Å². The predicted octanol–water partition coefficient (Wildman–Crippen LogP) is 2.42. The highest BCUT2D eigenvalue weighted by atomic mass is 79.9. The average molecular weight is 242 g/mol. The number of alkyl halides is 1. The van der Waals surface area contributed by atoms with Crippen molar-refractivity contribution in [1.82, 2.24) is 5.48 Å². The molecule has 1 aromatic rings. The van der Waals surface area contributed by atoms with Gasteiger partial charge in [0.05, 0.1) is 0 Å². The maximum atomic E-state index is 5.46. The van der Waals surface area contributed by atoms with E-state index in [9.17, 15) is 0 Å². The van der Waals surface area contributed by atoms with Crippen molar-refractivity contribution in [3.63, 3.8) is 0 Å². The number of benzene rings is 1. The molecule has 1 saturated heterocycles. The number of hydroxylamine groups is 1. The number of hydrogen-bond donors (Lipinski definition) is 1. The second-order valence-electron chi connectivity index (χ2n) is 3.22. The molecule has 1 aliphatic rings. The van der Waals surface area contributed by atoms with E-state index in [1.165, 1.54) is 5.56 Å². The minimum atomic E-state index is 0.212. The molecule has 1 heterocycles. The van der Waals surface area contributed by atoms with Crippen LogP contribution in [0.3, 0.4) is 0 Å². The average Bonchev–Trinajstić information content (AvgIpc) is 2.67. The molecule has 0 saturated carbocycles. The van der Waals surface area contributed by atoms with Gasteiger partial charge in [0.25, 0.3) is 0 Å². The summed E-state index contributed by atoms with van der Waals surface area (Å²) in [6, 6.07) is 10.7. The van der Waals surface area contributed by atoms with Crippen molar-refractivity contribution in [3.05, 3.63) is 35.9 Å². The first-order valence-electron chi connectivity index (χ1n) is 4.42. The minimum absolute atomic E-state index is 0.212. The molecule has 0 aromatic heterocycles. The fraction of sp³-hybridized carbons (Fsp3) is 0.400. The fourth-order valence-electron chi connectivity index (χ4n) is 1.50. The third-order valence-corrected chi connectivity index (χ3v) is 3.01. The summed E-state index contributed by atoms with van der Waals surface area (Å²) in [7, 11) is 0. The minimum Gasteiger partial charge on any atom is -0.293 e. The highest BCUT2D eigenvalue weighted by Crippen LogP contribution is 2.27. The lowest BCUT2D eigenvalue weighted by Crippen LogP contribution is -2.20. The van der Waals surface area contributed by atoms with E-state index < -0.39 is 0 Å². The summed E-state index contributed by atoms with van der Waals surface area (Å²) in [5, 5.41) is 0.941. The summed E-state index contributed by atoms with van der Waals surface area (Å²) in [6.07, 6.45) is 1.25. The Hall–Kier alpha value is -0.380. The Morgan fingerprint density at radius 1 is 1.38 bits per heavy atom. The van der Waals surface area contributed by atoms with Crippen molar-refractivity contribution < 1.29 is 4.84 Å². The Kier molecular flexibility index (Phi) is 2.98. The van der Waals surface area contributed by atoms with Gasteiger partial charge in [-0.2, -0.15) is 5.48 Å². The van der Waals surface area contributed by atoms with Crippen LogP contribution >= 0.6 is 15.9 Å². The normalized spacial score (nSPS) is 27.8. The van der Waals surface area contributed by atoms with Crippen molar-refractivity contribution in [1.29, 1.82) is 0 Å². The summed E-state index contributed by atoms with van der Waals surface area (Å²) in [5.41, 5.74) is 4.26. The molecule has 0 spiro atoms. The first-order valence-corrected chi connectivity index (χ1v) is 5.54. The standard InChI is InChI=1S/C10H12BrNO/c11-7-9-6-10(13-12-9)8-4-2-1-3-5-8/h1-5,9-10,12H,6-7H2/t9-,10+/m0/s1. The van der Waals surface area contributed by atoms with Crippen molar-refractivity contribution in [2.24, 2.45) is 0 Å². The van der Waals surface area contributed by atoms with Gasteiger partial charge in [0.15, 0.2) is 0 Å².